The van der Waals surface area contributed by atoms with E-state index >= 15 is 0 Å². The van der Waals surface area contributed by atoms with Gasteiger partial charge in [0.15, 0.2) is 5.76 Å². The molecule has 0 spiro atoms. The highest BCUT2D eigenvalue weighted by molar-refractivity contribution is 7.13. The van der Waals surface area contributed by atoms with Crippen LogP contribution in [0.2, 0.25) is 0 Å². The first-order valence-electron chi connectivity index (χ1n) is 9.83. The Morgan fingerprint density at radius 3 is 2.48 bits per heavy atom. The van der Waals surface area contributed by atoms with Gasteiger partial charge in [-0.2, -0.15) is 4.37 Å². The lowest BCUT2D eigenvalue weighted by molar-refractivity contribution is -0.384. The lowest BCUT2D eigenvalue weighted by Crippen LogP contribution is -2.48. The standard InChI is InChI=1S/C22H18N4O4S/c27-22(19-10-9-18(30-19)15-5-7-16(8-6-15)26(28)29)25-13-11-24(12-14-25)21-17-3-1-2-4-20(17)31-23-21/h1-10H,11-14H2. The molecule has 31 heavy (non-hydrogen) atoms. The molecule has 0 unspecified atom stereocenters. The number of non-ortho nitro benzene ring substituents is 1. The molecule has 0 atom stereocenters. The summed E-state index contributed by atoms with van der Waals surface area (Å²) in [7, 11) is 0. The summed E-state index contributed by atoms with van der Waals surface area (Å²) in [5, 5.41) is 11.9. The molecule has 0 bridgehead atoms. The highest BCUT2D eigenvalue weighted by Crippen LogP contribution is 2.30. The summed E-state index contributed by atoms with van der Waals surface area (Å²) < 4.78 is 11.5. The highest BCUT2D eigenvalue weighted by atomic mass is 32.1. The second-order valence-electron chi connectivity index (χ2n) is 7.25. The molecular weight excluding hydrogens is 416 g/mol. The number of piperazine rings is 1. The number of carbonyl (C=O) groups is 1. The van der Waals surface area contributed by atoms with Crippen LogP contribution in [0.3, 0.4) is 0 Å². The maximum Gasteiger partial charge on any atom is 0.289 e. The average molecular weight is 434 g/mol. The fourth-order valence-corrected chi connectivity index (χ4v) is 4.53. The average Bonchev–Trinajstić information content (AvgIpc) is 3.47. The number of anilines is 1. The Labute approximate surface area is 181 Å². The number of rotatable bonds is 4. The van der Waals surface area contributed by atoms with Crippen molar-refractivity contribution in [1.82, 2.24) is 9.27 Å². The molecule has 0 saturated carbocycles. The van der Waals surface area contributed by atoms with Gasteiger partial charge < -0.3 is 14.2 Å². The zero-order chi connectivity index (χ0) is 21.4. The molecule has 2 aromatic heterocycles. The first kappa shape index (κ1) is 19.3. The predicted molar refractivity (Wildman–Crippen MR) is 119 cm³/mol. The largest absolute Gasteiger partial charge is 0.451 e. The van der Waals surface area contributed by atoms with E-state index in [1.165, 1.54) is 23.7 Å². The molecular formula is C22H18N4O4S. The van der Waals surface area contributed by atoms with Crippen molar-refractivity contribution in [3.05, 3.63) is 76.5 Å². The van der Waals surface area contributed by atoms with E-state index in [1.54, 1.807) is 29.2 Å². The summed E-state index contributed by atoms with van der Waals surface area (Å²) in [5.41, 5.74) is 0.697. The number of furan rings is 1. The molecule has 4 aromatic rings. The minimum atomic E-state index is -0.449. The molecule has 8 nitrogen and oxygen atoms in total. The number of carbonyl (C=O) groups excluding carboxylic acids is 1. The minimum Gasteiger partial charge on any atom is -0.451 e. The topological polar surface area (TPSA) is 92.7 Å². The van der Waals surface area contributed by atoms with Crippen LogP contribution in [-0.2, 0) is 0 Å². The quantitative estimate of drug-likeness (QED) is 0.349. The third kappa shape index (κ3) is 3.64. The third-order valence-corrected chi connectivity index (χ3v) is 6.22. The van der Waals surface area contributed by atoms with Crippen molar-refractivity contribution < 1.29 is 14.1 Å². The van der Waals surface area contributed by atoms with Gasteiger partial charge in [-0.15, -0.1) is 0 Å². The van der Waals surface area contributed by atoms with Crippen LogP contribution in [0.1, 0.15) is 10.6 Å². The summed E-state index contributed by atoms with van der Waals surface area (Å²) in [6, 6.07) is 17.6. The fourth-order valence-electron chi connectivity index (χ4n) is 3.73. The van der Waals surface area contributed by atoms with Crippen molar-refractivity contribution in [3.8, 4) is 11.3 Å². The Balaban J connectivity index is 1.26. The zero-order valence-corrected chi connectivity index (χ0v) is 17.2. The van der Waals surface area contributed by atoms with Gasteiger partial charge in [0.05, 0.1) is 9.62 Å². The molecule has 0 N–H and O–H groups in total. The van der Waals surface area contributed by atoms with Crippen molar-refractivity contribution in [2.45, 2.75) is 0 Å². The molecule has 2 aromatic carbocycles. The first-order chi connectivity index (χ1) is 15.1. The van der Waals surface area contributed by atoms with E-state index < -0.39 is 4.92 Å². The van der Waals surface area contributed by atoms with Crippen molar-refractivity contribution in [2.24, 2.45) is 0 Å². The van der Waals surface area contributed by atoms with Crippen LogP contribution in [-0.4, -0.2) is 46.3 Å². The van der Waals surface area contributed by atoms with E-state index in [1.807, 2.05) is 12.1 Å². The Morgan fingerprint density at radius 1 is 1.00 bits per heavy atom. The van der Waals surface area contributed by atoms with Crippen LogP contribution in [0, 0.1) is 10.1 Å². The second-order valence-corrected chi connectivity index (χ2v) is 8.05. The van der Waals surface area contributed by atoms with Crippen LogP contribution in [0.25, 0.3) is 21.4 Å². The lowest BCUT2D eigenvalue weighted by atomic mass is 10.1. The van der Waals surface area contributed by atoms with E-state index in [9.17, 15) is 14.9 Å². The van der Waals surface area contributed by atoms with Gasteiger partial charge in [0.25, 0.3) is 11.6 Å². The summed E-state index contributed by atoms with van der Waals surface area (Å²) >= 11 is 1.49. The van der Waals surface area contributed by atoms with Gasteiger partial charge in [-0.1, -0.05) is 12.1 Å². The number of nitro groups is 1. The monoisotopic (exact) mass is 434 g/mol. The first-order valence-corrected chi connectivity index (χ1v) is 10.6. The summed E-state index contributed by atoms with van der Waals surface area (Å²) in [6.07, 6.45) is 0. The Hall–Kier alpha value is -3.72. The van der Waals surface area contributed by atoms with Crippen molar-refractivity contribution >= 4 is 39.0 Å². The smallest absolute Gasteiger partial charge is 0.289 e. The van der Waals surface area contributed by atoms with Gasteiger partial charge in [0.1, 0.15) is 11.6 Å². The van der Waals surface area contributed by atoms with Crippen molar-refractivity contribution in [1.29, 1.82) is 0 Å². The molecule has 5 rings (SSSR count). The molecule has 0 aliphatic carbocycles. The molecule has 1 fully saturated rings. The zero-order valence-electron chi connectivity index (χ0n) is 16.4. The third-order valence-electron chi connectivity index (χ3n) is 5.40. The number of hydrogen-bond donors (Lipinski definition) is 0. The maximum absolute atomic E-state index is 12.9. The minimum absolute atomic E-state index is 0.0115. The van der Waals surface area contributed by atoms with Crippen LogP contribution in [0.4, 0.5) is 11.5 Å². The number of amides is 1. The molecule has 1 aliphatic rings. The van der Waals surface area contributed by atoms with Crippen LogP contribution >= 0.6 is 11.5 Å². The molecule has 1 aliphatic heterocycles. The number of fused-ring (bicyclic) bond motifs is 1. The fraction of sp³-hybridized carbons (Fsp3) is 0.182. The van der Waals surface area contributed by atoms with Gasteiger partial charge in [-0.25, -0.2) is 0 Å². The number of nitro benzene ring substituents is 1. The molecule has 156 valence electrons. The molecule has 1 amide bonds. The SMILES string of the molecule is O=C(c1ccc(-c2ccc([N+](=O)[O-])cc2)o1)N1CCN(c2nsc3ccccc23)CC1. The second kappa shape index (κ2) is 7.84. The maximum atomic E-state index is 12.9. The number of aromatic nitrogens is 1. The Kier molecular flexibility index (Phi) is 4.87. The molecule has 1 saturated heterocycles. The molecule has 0 radical (unpaired) electrons. The van der Waals surface area contributed by atoms with E-state index in [0.717, 1.165) is 15.9 Å². The Bertz CT molecular complexity index is 1260. The van der Waals surface area contributed by atoms with Crippen LogP contribution < -0.4 is 4.90 Å². The van der Waals surface area contributed by atoms with Crippen molar-refractivity contribution in [2.75, 3.05) is 31.1 Å². The van der Waals surface area contributed by atoms with Gasteiger partial charge in [0, 0.05) is 49.3 Å². The van der Waals surface area contributed by atoms with Gasteiger partial charge >= 0.3 is 0 Å². The number of benzene rings is 2. The Morgan fingerprint density at radius 2 is 1.74 bits per heavy atom. The molecule has 3 heterocycles. The summed E-state index contributed by atoms with van der Waals surface area (Å²) in [4.78, 5) is 27.3. The van der Waals surface area contributed by atoms with Gasteiger partial charge in [-0.05, 0) is 47.9 Å². The normalized spacial score (nSPS) is 14.2. The highest BCUT2D eigenvalue weighted by Gasteiger charge is 2.26. The number of hydrogen-bond acceptors (Lipinski definition) is 7. The summed E-state index contributed by atoms with van der Waals surface area (Å²) in [5.74, 6) is 1.59. The molecule has 9 heteroatoms. The van der Waals surface area contributed by atoms with E-state index in [0.29, 0.717) is 37.5 Å². The summed E-state index contributed by atoms with van der Waals surface area (Å²) in [6.45, 7) is 2.57. The van der Waals surface area contributed by atoms with Gasteiger partial charge in [0.2, 0.25) is 0 Å². The van der Waals surface area contributed by atoms with Crippen LogP contribution in [0.15, 0.2) is 65.1 Å². The van der Waals surface area contributed by atoms with Gasteiger partial charge in [-0.3, -0.25) is 14.9 Å². The van der Waals surface area contributed by atoms with Crippen LogP contribution in [0.5, 0.6) is 0 Å². The predicted octanol–water partition coefficient (Wildman–Crippen LogP) is 4.43. The number of nitrogens with zero attached hydrogens (tertiary/aromatic N) is 4. The lowest BCUT2D eigenvalue weighted by Gasteiger charge is -2.34. The van der Waals surface area contributed by atoms with E-state index in [2.05, 4.69) is 21.4 Å². The van der Waals surface area contributed by atoms with E-state index in [4.69, 9.17) is 4.42 Å². The van der Waals surface area contributed by atoms with E-state index in [-0.39, 0.29) is 17.4 Å². The van der Waals surface area contributed by atoms with Crippen molar-refractivity contribution in [3.63, 3.8) is 0 Å².